The van der Waals surface area contributed by atoms with Crippen molar-refractivity contribution in [3.63, 3.8) is 0 Å². The molecule has 0 aliphatic heterocycles. The van der Waals surface area contributed by atoms with Crippen LogP contribution in [-0.2, 0) is 11.2 Å². The number of halogens is 1. The molecule has 0 bridgehead atoms. The molecule has 4 nitrogen and oxygen atoms in total. The van der Waals surface area contributed by atoms with Crippen LogP contribution in [0.25, 0.3) is 0 Å². The Morgan fingerprint density at radius 2 is 2.07 bits per heavy atom. The van der Waals surface area contributed by atoms with E-state index in [1.54, 1.807) is 24.3 Å². The Labute approximate surface area is 173 Å². The van der Waals surface area contributed by atoms with Crippen LogP contribution in [0.4, 0.5) is 4.39 Å². The number of aromatic carboxylic acids is 1. The second-order valence-corrected chi connectivity index (χ2v) is 8.27. The molecule has 0 saturated carbocycles. The molecule has 6 heteroatoms. The van der Waals surface area contributed by atoms with E-state index in [0.717, 1.165) is 16.9 Å². The zero-order valence-electron chi connectivity index (χ0n) is 16.2. The summed E-state index contributed by atoms with van der Waals surface area (Å²) in [7, 11) is 0. The Bertz CT molecular complexity index is 922. The normalized spacial score (nSPS) is 24.8. The molecule has 3 unspecified atom stereocenters. The van der Waals surface area contributed by atoms with Crippen molar-refractivity contribution in [2.45, 2.75) is 25.9 Å². The fourth-order valence-electron chi connectivity index (χ4n) is 3.26. The van der Waals surface area contributed by atoms with Gasteiger partial charge in [0, 0.05) is 17.3 Å². The zero-order chi connectivity index (χ0) is 20.8. The molecule has 0 aromatic carbocycles. The van der Waals surface area contributed by atoms with Crippen molar-refractivity contribution in [3.8, 4) is 0 Å². The van der Waals surface area contributed by atoms with Crippen molar-refractivity contribution in [1.82, 2.24) is 5.32 Å². The van der Waals surface area contributed by atoms with Gasteiger partial charge in [-0.25, -0.2) is 9.18 Å². The highest BCUT2D eigenvalue weighted by molar-refractivity contribution is 7.13. The predicted octanol–water partition coefficient (Wildman–Crippen LogP) is 4.63. The number of carboxylic acid groups (broad SMARTS) is 1. The van der Waals surface area contributed by atoms with Crippen molar-refractivity contribution >= 4 is 23.2 Å². The molecule has 0 radical (unpaired) electrons. The molecule has 0 spiro atoms. The van der Waals surface area contributed by atoms with Crippen LogP contribution in [0.2, 0.25) is 0 Å². The average Bonchev–Trinajstić information content (AvgIpc) is 3.15. The molecule has 1 amide bonds. The first-order chi connectivity index (χ1) is 13.9. The molecule has 2 N–H and O–H groups in total. The van der Waals surface area contributed by atoms with Gasteiger partial charge in [-0.3, -0.25) is 4.79 Å². The van der Waals surface area contributed by atoms with Crippen LogP contribution in [0, 0.1) is 11.8 Å². The fourth-order valence-corrected chi connectivity index (χ4v) is 4.11. The predicted molar refractivity (Wildman–Crippen MR) is 114 cm³/mol. The minimum absolute atomic E-state index is 0.0123. The van der Waals surface area contributed by atoms with Crippen molar-refractivity contribution in [2.75, 3.05) is 6.54 Å². The summed E-state index contributed by atoms with van der Waals surface area (Å²) in [5, 5.41) is 11.7. The summed E-state index contributed by atoms with van der Waals surface area (Å²) in [5.74, 6) is -2.17. The summed E-state index contributed by atoms with van der Waals surface area (Å²) in [6, 6.07) is 3.29. The summed E-state index contributed by atoms with van der Waals surface area (Å²) in [6.07, 6.45) is 15.3. The molecule has 1 aromatic rings. The summed E-state index contributed by atoms with van der Waals surface area (Å²) >= 11 is 1.18. The van der Waals surface area contributed by atoms with E-state index in [0.29, 0.717) is 13.0 Å². The van der Waals surface area contributed by atoms with Crippen LogP contribution < -0.4 is 5.32 Å². The van der Waals surface area contributed by atoms with Gasteiger partial charge in [-0.1, -0.05) is 48.1 Å². The number of hydrogen-bond acceptors (Lipinski definition) is 3. The molecule has 29 heavy (non-hydrogen) atoms. The number of rotatable bonds is 6. The van der Waals surface area contributed by atoms with E-state index in [1.807, 2.05) is 13.0 Å². The Hall–Kier alpha value is -2.73. The van der Waals surface area contributed by atoms with E-state index in [4.69, 9.17) is 5.11 Å². The number of allylic oxidation sites excluding steroid dienone is 9. The number of carbonyl (C=O) groups excluding carboxylic acids is 1. The van der Waals surface area contributed by atoms with Crippen LogP contribution >= 0.6 is 11.3 Å². The Morgan fingerprint density at radius 1 is 1.24 bits per heavy atom. The van der Waals surface area contributed by atoms with Crippen molar-refractivity contribution in [1.29, 1.82) is 0 Å². The fraction of sp³-hybridized carbons (Fsp3) is 0.304. The molecular weight excluding hydrogens is 389 g/mol. The largest absolute Gasteiger partial charge is 0.477 e. The summed E-state index contributed by atoms with van der Waals surface area (Å²) < 4.78 is 14.4. The van der Waals surface area contributed by atoms with Crippen molar-refractivity contribution < 1.29 is 19.1 Å². The molecule has 3 rings (SSSR count). The third kappa shape index (κ3) is 5.64. The second-order valence-electron chi connectivity index (χ2n) is 7.11. The van der Waals surface area contributed by atoms with Gasteiger partial charge in [0.05, 0.1) is 5.92 Å². The topological polar surface area (TPSA) is 66.4 Å². The lowest BCUT2D eigenvalue weighted by molar-refractivity contribution is -0.124. The summed E-state index contributed by atoms with van der Waals surface area (Å²) in [5.41, 5.74) is 2.09. The summed E-state index contributed by atoms with van der Waals surface area (Å²) in [4.78, 5) is 24.6. The van der Waals surface area contributed by atoms with E-state index in [9.17, 15) is 14.0 Å². The lowest BCUT2D eigenvalue weighted by atomic mass is 9.86. The number of carboxylic acids is 1. The van der Waals surface area contributed by atoms with Gasteiger partial charge < -0.3 is 10.4 Å². The maximum atomic E-state index is 14.4. The van der Waals surface area contributed by atoms with Gasteiger partial charge in [-0.05, 0) is 43.5 Å². The van der Waals surface area contributed by atoms with Crippen LogP contribution in [0.1, 0.15) is 27.9 Å². The highest BCUT2D eigenvalue weighted by Gasteiger charge is 2.28. The molecule has 1 heterocycles. The molecule has 1 aromatic heterocycles. The van der Waals surface area contributed by atoms with E-state index in [2.05, 4.69) is 29.6 Å². The first kappa shape index (κ1) is 21.0. The standard InChI is InChI=1S/C23H24FNO3S/c1-15-4-2-3-5-16(7-6-15)17-8-10-20(24)19(14-17)22(26)25-13-12-18-9-11-21(29-18)23(27)28/h3-11,14,16,19-20H,2,12-13H2,1H3,(H,25,26)(H,27,28)/b5-3-,7-6?,15-4?. The smallest absolute Gasteiger partial charge is 0.345 e. The Kier molecular flexibility index (Phi) is 6.99. The number of hydrogen-bond donors (Lipinski definition) is 2. The Balaban J connectivity index is 1.62. The molecular formula is C23H24FNO3S. The first-order valence-corrected chi connectivity index (χ1v) is 10.4. The lowest BCUT2D eigenvalue weighted by Gasteiger charge is -2.22. The minimum atomic E-state index is -1.36. The highest BCUT2D eigenvalue weighted by atomic mass is 32.1. The highest BCUT2D eigenvalue weighted by Crippen LogP contribution is 2.28. The molecule has 0 saturated heterocycles. The van der Waals surface area contributed by atoms with Crippen LogP contribution in [-0.4, -0.2) is 29.7 Å². The maximum Gasteiger partial charge on any atom is 0.345 e. The van der Waals surface area contributed by atoms with E-state index in [-0.39, 0.29) is 16.7 Å². The molecule has 3 atom stereocenters. The molecule has 2 aliphatic carbocycles. The average molecular weight is 414 g/mol. The van der Waals surface area contributed by atoms with Gasteiger partial charge in [0.25, 0.3) is 0 Å². The lowest BCUT2D eigenvalue weighted by Crippen LogP contribution is -2.36. The quantitative estimate of drug-likeness (QED) is 0.668. The Morgan fingerprint density at radius 3 is 2.83 bits per heavy atom. The first-order valence-electron chi connectivity index (χ1n) is 9.59. The second kappa shape index (κ2) is 9.65. The number of carbonyl (C=O) groups is 2. The molecule has 152 valence electrons. The van der Waals surface area contributed by atoms with Crippen LogP contribution in [0.3, 0.4) is 0 Å². The van der Waals surface area contributed by atoms with Gasteiger partial charge in [-0.15, -0.1) is 11.3 Å². The van der Waals surface area contributed by atoms with Gasteiger partial charge in [-0.2, -0.15) is 0 Å². The zero-order valence-corrected chi connectivity index (χ0v) is 17.0. The number of thiophene rings is 1. The summed E-state index contributed by atoms with van der Waals surface area (Å²) in [6.45, 7) is 2.38. The van der Waals surface area contributed by atoms with Crippen LogP contribution in [0.5, 0.6) is 0 Å². The third-order valence-corrected chi connectivity index (χ3v) is 6.04. The van der Waals surface area contributed by atoms with Crippen molar-refractivity contribution in [2.24, 2.45) is 11.8 Å². The van der Waals surface area contributed by atoms with E-state index >= 15 is 0 Å². The van der Waals surface area contributed by atoms with Gasteiger partial charge in [0.1, 0.15) is 11.0 Å². The SMILES string of the molecule is CC1=CC/C=C\C(C2=CC(C(=O)NCCc3ccc(C(=O)O)s3)C(F)C=C2)C=C1. The van der Waals surface area contributed by atoms with Crippen molar-refractivity contribution in [3.05, 3.63) is 81.6 Å². The minimum Gasteiger partial charge on any atom is -0.477 e. The number of amides is 1. The molecule has 2 aliphatic rings. The van der Waals surface area contributed by atoms with Crippen LogP contribution in [0.15, 0.2) is 71.9 Å². The maximum absolute atomic E-state index is 14.4. The van der Waals surface area contributed by atoms with E-state index < -0.39 is 18.1 Å². The van der Waals surface area contributed by atoms with Gasteiger partial charge in [0.15, 0.2) is 0 Å². The number of alkyl halides is 1. The van der Waals surface area contributed by atoms with Gasteiger partial charge >= 0.3 is 5.97 Å². The van der Waals surface area contributed by atoms with E-state index in [1.165, 1.54) is 23.0 Å². The van der Waals surface area contributed by atoms with Gasteiger partial charge in [0.2, 0.25) is 5.91 Å². The monoisotopic (exact) mass is 413 g/mol. The molecule has 0 fully saturated rings. The third-order valence-electron chi connectivity index (χ3n) is 4.90. The number of nitrogens with one attached hydrogen (secondary N) is 1.